The van der Waals surface area contributed by atoms with Gasteiger partial charge >= 0.3 is 0 Å². The van der Waals surface area contributed by atoms with Crippen molar-refractivity contribution in [3.05, 3.63) is 59.8 Å². The molecular weight excluding hydrogens is 390 g/mol. The number of ether oxygens (including phenoxy) is 2. The average Bonchev–Trinajstić information content (AvgIpc) is 3.45. The molecule has 2 aliphatic rings. The molecule has 162 valence electrons. The zero-order valence-electron chi connectivity index (χ0n) is 17.7. The topological polar surface area (TPSA) is 66.6 Å². The number of hydrogen-bond acceptors (Lipinski definition) is 4. The van der Waals surface area contributed by atoms with Gasteiger partial charge < -0.3 is 24.7 Å². The van der Waals surface area contributed by atoms with Crippen LogP contribution in [-0.2, 0) is 4.79 Å². The smallest absolute Gasteiger partial charge is 0.231 e. The number of aromatic nitrogens is 1. The molecular formula is C25H29N3O3. The summed E-state index contributed by atoms with van der Waals surface area (Å²) in [6, 6.07) is 14.1. The van der Waals surface area contributed by atoms with E-state index in [0.29, 0.717) is 13.0 Å². The first-order valence-corrected chi connectivity index (χ1v) is 11.2. The fourth-order valence-corrected chi connectivity index (χ4v) is 4.79. The highest BCUT2D eigenvalue weighted by atomic mass is 16.7. The quantitative estimate of drug-likeness (QED) is 0.607. The number of aromatic amines is 1. The third-order valence-corrected chi connectivity index (χ3v) is 6.39. The number of hydrogen-bond donors (Lipinski definition) is 2. The second kappa shape index (κ2) is 9.02. The second-order valence-electron chi connectivity index (χ2n) is 8.38. The number of rotatable bonds is 7. The minimum Gasteiger partial charge on any atom is -0.454 e. The fourth-order valence-electron chi connectivity index (χ4n) is 4.79. The van der Waals surface area contributed by atoms with E-state index in [-0.39, 0.29) is 18.6 Å². The van der Waals surface area contributed by atoms with E-state index >= 15 is 0 Å². The highest BCUT2D eigenvalue weighted by Crippen LogP contribution is 2.44. The lowest BCUT2D eigenvalue weighted by Crippen LogP contribution is -2.38. The highest BCUT2D eigenvalue weighted by Gasteiger charge is 2.28. The Hall–Kier alpha value is -2.99. The van der Waals surface area contributed by atoms with Crippen LogP contribution in [0.5, 0.6) is 11.5 Å². The molecule has 0 unspecified atom stereocenters. The maximum Gasteiger partial charge on any atom is 0.231 e. The SMILES string of the molecule is O=C(C[C@H](c1cccc2c1OCO2)c1c[nH]c2ccccc12)NCCN1CCCCC1. The number of carbonyl (C=O) groups excluding carboxylic acids is 1. The molecule has 1 aromatic heterocycles. The Morgan fingerprint density at radius 3 is 2.81 bits per heavy atom. The molecule has 1 saturated heterocycles. The molecule has 0 spiro atoms. The van der Waals surface area contributed by atoms with Crippen molar-refractivity contribution in [2.45, 2.75) is 31.6 Å². The summed E-state index contributed by atoms with van der Waals surface area (Å²) < 4.78 is 11.4. The second-order valence-corrected chi connectivity index (χ2v) is 8.38. The number of fused-ring (bicyclic) bond motifs is 2. The summed E-state index contributed by atoms with van der Waals surface area (Å²) in [6.45, 7) is 4.10. The Morgan fingerprint density at radius 1 is 1.03 bits per heavy atom. The monoisotopic (exact) mass is 419 g/mol. The largest absolute Gasteiger partial charge is 0.454 e. The van der Waals surface area contributed by atoms with E-state index in [1.807, 2.05) is 36.5 Å². The normalized spacial score (nSPS) is 17.0. The minimum absolute atomic E-state index is 0.0591. The first kappa shape index (κ1) is 19.9. The Labute approximate surface area is 182 Å². The molecule has 0 saturated carbocycles. The molecule has 0 aliphatic carbocycles. The van der Waals surface area contributed by atoms with Crippen LogP contribution in [0.4, 0.5) is 0 Å². The molecule has 2 aliphatic heterocycles. The van der Waals surface area contributed by atoms with Gasteiger partial charge in [-0.1, -0.05) is 36.8 Å². The van der Waals surface area contributed by atoms with Gasteiger partial charge in [0.15, 0.2) is 11.5 Å². The van der Waals surface area contributed by atoms with Crippen molar-refractivity contribution in [1.82, 2.24) is 15.2 Å². The Kier molecular flexibility index (Phi) is 5.80. The van der Waals surface area contributed by atoms with Crippen molar-refractivity contribution >= 4 is 16.8 Å². The molecule has 2 N–H and O–H groups in total. The summed E-state index contributed by atoms with van der Waals surface area (Å²) in [4.78, 5) is 18.8. The van der Waals surface area contributed by atoms with Crippen LogP contribution in [0.1, 0.15) is 42.7 Å². The molecule has 2 aromatic carbocycles. The number of nitrogens with zero attached hydrogens (tertiary/aromatic N) is 1. The molecule has 1 atom stereocenters. The molecule has 31 heavy (non-hydrogen) atoms. The lowest BCUT2D eigenvalue weighted by molar-refractivity contribution is -0.121. The summed E-state index contributed by atoms with van der Waals surface area (Å²) in [5.74, 6) is 1.43. The van der Waals surface area contributed by atoms with Gasteiger partial charge in [-0.25, -0.2) is 0 Å². The van der Waals surface area contributed by atoms with Crippen molar-refractivity contribution in [3.8, 4) is 11.5 Å². The van der Waals surface area contributed by atoms with E-state index in [0.717, 1.165) is 53.2 Å². The van der Waals surface area contributed by atoms with Crippen molar-refractivity contribution in [2.24, 2.45) is 0 Å². The maximum atomic E-state index is 13.0. The molecule has 3 heterocycles. The number of para-hydroxylation sites is 2. The van der Waals surface area contributed by atoms with E-state index in [4.69, 9.17) is 9.47 Å². The minimum atomic E-state index is -0.122. The number of nitrogens with one attached hydrogen (secondary N) is 2. The van der Waals surface area contributed by atoms with Gasteiger partial charge in [0.05, 0.1) is 0 Å². The average molecular weight is 420 g/mol. The molecule has 6 heteroatoms. The first-order valence-electron chi connectivity index (χ1n) is 11.2. The van der Waals surface area contributed by atoms with Crippen LogP contribution in [0.15, 0.2) is 48.7 Å². The number of piperidine rings is 1. The van der Waals surface area contributed by atoms with Gasteiger partial charge in [0.2, 0.25) is 12.7 Å². The predicted molar refractivity (Wildman–Crippen MR) is 121 cm³/mol. The van der Waals surface area contributed by atoms with Crippen molar-refractivity contribution in [1.29, 1.82) is 0 Å². The van der Waals surface area contributed by atoms with Gasteiger partial charge in [-0.2, -0.15) is 0 Å². The van der Waals surface area contributed by atoms with Crippen molar-refractivity contribution in [2.75, 3.05) is 33.0 Å². The summed E-state index contributed by atoms with van der Waals surface area (Å²) in [6.07, 6.45) is 6.23. The van der Waals surface area contributed by atoms with E-state index in [2.05, 4.69) is 27.3 Å². The Balaban J connectivity index is 1.37. The van der Waals surface area contributed by atoms with E-state index in [9.17, 15) is 4.79 Å². The van der Waals surface area contributed by atoms with Gasteiger partial charge in [0.1, 0.15) is 0 Å². The van der Waals surface area contributed by atoms with Crippen LogP contribution >= 0.6 is 0 Å². The molecule has 1 fully saturated rings. The summed E-state index contributed by atoms with van der Waals surface area (Å²) >= 11 is 0. The van der Waals surface area contributed by atoms with Crippen LogP contribution in [0.2, 0.25) is 0 Å². The third kappa shape index (κ3) is 4.26. The number of carbonyl (C=O) groups is 1. The first-order chi connectivity index (χ1) is 15.3. The number of H-pyrrole nitrogens is 1. The van der Waals surface area contributed by atoms with Gasteiger partial charge in [-0.15, -0.1) is 0 Å². The summed E-state index contributed by atoms with van der Waals surface area (Å²) in [5, 5.41) is 4.27. The summed E-state index contributed by atoms with van der Waals surface area (Å²) in [7, 11) is 0. The van der Waals surface area contributed by atoms with Crippen LogP contribution in [-0.4, -0.2) is 48.8 Å². The van der Waals surface area contributed by atoms with Crippen molar-refractivity contribution < 1.29 is 14.3 Å². The maximum absolute atomic E-state index is 13.0. The van der Waals surface area contributed by atoms with Crippen LogP contribution in [0, 0.1) is 0 Å². The molecule has 0 bridgehead atoms. The Morgan fingerprint density at radius 2 is 1.90 bits per heavy atom. The van der Waals surface area contributed by atoms with Gasteiger partial charge in [0.25, 0.3) is 0 Å². The number of amides is 1. The van der Waals surface area contributed by atoms with E-state index in [1.54, 1.807) is 0 Å². The molecule has 5 rings (SSSR count). The third-order valence-electron chi connectivity index (χ3n) is 6.39. The summed E-state index contributed by atoms with van der Waals surface area (Å²) in [5.41, 5.74) is 3.16. The van der Waals surface area contributed by atoms with Crippen LogP contribution in [0.3, 0.4) is 0 Å². The van der Waals surface area contributed by atoms with Crippen molar-refractivity contribution in [3.63, 3.8) is 0 Å². The van der Waals surface area contributed by atoms with E-state index < -0.39 is 0 Å². The fraction of sp³-hybridized carbons (Fsp3) is 0.400. The van der Waals surface area contributed by atoms with E-state index in [1.165, 1.54) is 19.3 Å². The van der Waals surface area contributed by atoms with Crippen LogP contribution < -0.4 is 14.8 Å². The van der Waals surface area contributed by atoms with Gasteiger partial charge in [0, 0.05) is 48.1 Å². The Bertz CT molecular complexity index is 1060. The zero-order valence-corrected chi connectivity index (χ0v) is 17.7. The molecule has 1 amide bonds. The lowest BCUT2D eigenvalue weighted by Gasteiger charge is -2.26. The number of benzene rings is 2. The van der Waals surface area contributed by atoms with Gasteiger partial charge in [-0.05, 0) is 43.6 Å². The van der Waals surface area contributed by atoms with Crippen LogP contribution in [0.25, 0.3) is 10.9 Å². The molecule has 3 aromatic rings. The molecule has 6 nitrogen and oxygen atoms in total. The standard InChI is InChI=1S/C25H29N3O3/c29-24(26-11-14-28-12-4-1-5-13-28)15-20(19-8-6-10-23-25(19)31-17-30-23)21-16-27-22-9-3-2-7-18(21)22/h2-3,6-10,16,20,27H,1,4-5,11-15,17H2,(H,26,29)/t20-/m1/s1. The van der Waals surface area contributed by atoms with Gasteiger partial charge in [-0.3, -0.25) is 4.79 Å². The highest BCUT2D eigenvalue weighted by molar-refractivity contribution is 5.86. The predicted octanol–water partition coefficient (Wildman–Crippen LogP) is 4.02. The molecule has 0 radical (unpaired) electrons. The lowest BCUT2D eigenvalue weighted by atomic mass is 9.87. The number of likely N-dealkylation sites (tertiary alicyclic amines) is 1. The zero-order chi connectivity index (χ0) is 21.0.